The SMILES string of the molecule is O=C(N[C@@H]1CCN2CCCC[C@@H]12)c1cccc2c3c([nH]c12)CCCC3. The van der Waals surface area contributed by atoms with Crippen molar-refractivity contribution in [1.82, 2.24) is 15.2 Å². The Morgan fingerprint density at radius 3 is 2.96 bits per heavy atom. The topological polar surface area (TPSA) is 48.1 Å². The molecule has 1 aromatic heterocycles. The van der Waals surface area contributed by atoms with Gasteiger partial charge in [0.2, 0.25) is 0 Å². The molecule has 132 valence electrons. The van der Waals surface area contributed by atoms with Crippen molar-refractivity contribution >= 4 is 16.8 Å². The van der Waals surface area contributed by atoms with Crippen LogP contribution in [0.2, 0.25) is 0 Å². The maximum Gasteiger partial charge on any atom is 0.253 e. The number of hydrogen-bond donors (Lipinski definition) is 2. The number of carbonyl (C=O) groups is 1. The Morgan fingerprint density at radius 1 is 1.08 bits per heavy atom. The first kappa shape index (κ1) is 15.4. The zero-order valence-electron chi connectivity index (χ0n) is 14.8. The lowest BCUT2D eigenvalue weighted by atomic mass is 9.95. The second-order valence-corrected chi connectivity index (χ2v) is 7.99. The van der Waals surface area contributed by atoms with Gasteiger partial charge in [-0.25, -0.2) is 0 Å². The number of nitrogens with one attached hydrogen (secondary N) is 2. The van der Waals surface area contributed by atoms with Gasteiger partial charge in [0, 0.05) is 29.7 Å². The van der Waals surface area contributed by atoms with Crippen molar-refractivity contribution < 1.29 is 4.79 Å². The number of aromatic nitrogens is 1. The molecule has 4 nitrogen and oxygen atoms in total. The van der Waals surface area contributed by atoms with Crippen LogP contribution in [0.3, 0.4) is 0 Å². The normalized spacial score (nSPS) is 26.4. The third-order valence-corrected chi connectivity index (χ3v) is 6.55. The molecule has 5 rings (SSSR count). The maximum absolute atomic E-state index is 13.1. The number of fused-ring (bicyclic) bond motifs is 4. The van der Waals surface area contributed by atoms with Crippen molar-refractivity contribution in [2.75, 3.05) is 13.1 Å². The van der Waals surface area contributed by atoms with Crippen LogP contribution in [0.4, 0.5) is 0 Å². The summed E-state index contributed by atoms with van der Waals surface area (Å²) in [5.74, 6) is 0.0987. The predicted molar refractivity (Wildman–Crippen MR) is 100 cm³/mol. The van der Waals surface area contributed by atoms with Gasteiger partial charge in [-0.1, -0.05) is 18.6 Å². The van der Waals surface area contributed by atoms with Crippen LogP contribution >= 0.6 is 0 Å². The van der Waals surface area contributed by atoms with Crippen LogP contribution in [0.1, 0.15) is 60.1 Å². The fourth-order valence-electron chi connectivity index (χ4n) is 5.28. The first-order valence-electron chi connectivity index (χ1n) is 9.98. The van der Waals surface area contributed by atoms with E-state index in [2.05, 4.69) is 21.3 Å². The van der Waals surface area contributed by atoms with Crippen molar-refractivity contribution in [3.63, 3.8) is 0 Å². The zero-order valence-corrected chi connectivity index (χ0v) is 14.8. The quantitative estimate of drug-likeness (QED) is 0.882. The standard InChI is InChI=1S/C21H27N3O/c25-21(23-18-11-13-24-12-4-3-10-19(18)24)16-8-5-7-15-14-6-1-2-9-17(14)22-20(15)16/h5,7-8,18-19,22H,1-4,6,9-13H2,(H,23,25)/t18-,19+/m1/s1. The summed E-state index contributed by atoms with van der Waals surface area (Å²) in [6.07, 6.45) is 9.69. The number of rotatable bonds is 2. The molecule has 0 saturated carbocycles. The number of benzene rings is 1. The minimum Gasteiger partial charge on any atom is -0.358 e. The Hall–Kier alpha value is -1.81. The van der Waals surface area contributed by atoms with Crippen LogP contribution in [0.15, 0.2) is 18.2 Å². The molecule has 2 aromatic rings. The van der Waals surface area contributed by atoms with Gasteiger partial charge in [-0.15, -0.1) is 0 Å². The van der Waals surface area contributed by atoms with Crippen molar-refractivity contribution in [3.8, 4) is 0 Å². The second kappa shape index (κ2) is 6.17. The lowest BCUT2D eigenvalue weighted by Gasteiger charge is -2.32. The summed E-state index contributed by atoms with van der Waals surface area (Å²) in [7, 11) is 0. The Balaban J connectivity index is 1.43. The van der Waals surface area contributed by atoms with Crippen LogP contribution in [-0.2, 0) is 12.8 Å². The highest BCUT2D eigenvalue weighted by atomic mass is 16.1. The molecule has 1 aliphatic carbocycles. The van der Waals surface area contributed by atoms with Gasteiger partial charge in [0.15, 0.2) is 0 Å². The zero-order chi connectivity index (χ0) is 16.8. The number of piperidine rings is 1. The highest BCUT2D eigenvalue weighted by Crippen LogP contribution is 2.31. The molecular weight excluding hydrogens is 310 g/mol. The maximum atomic E-state index is 13.1. The molecule has 25 heavy (non-hydrogen) atoms. The molecule has 0 unspecified atom stereocenters. The first-order chi connectivity index (χ1) is 12.3. The summed E-state index contributed by atoms with van der Waals surface area (Å²) in [6.45, 7) is 2.34. The highest BCUT2D eigenvalue weighted by molar-refractivity contribution is 6.07. The van der Waals surface area contributed by atoms with E-state index in [-0.39, 0.29) is 5.91 Å². The molecule has 2 aliphatic heterocycles. The van der Waals surface area contributed by atoms with Gasteiger partial charge in [0.25, 0.3) is 5.91 Å². The van der Waals surface area contributed by atoms with Crippen LogP contribution in [0, 0.1) is 0 Å². The van der Waals surface area contributed by atoms with Gasteiger partial charge in [0.1, 0.15) is 0 Å². The van der Waals surface area contributed by atoms with E-state index in [1.807, 2.05) is 12.1 Å². The monoisotopic (exact) mass is 337 g/mol. The van der Waals surface area contributed by atoms with Gasteiger partial charge in [-0.05, 0) is 63.1 Å². The molecule has 2 fully saturated rings. The average molecular weight is 337 g/mol. The van der Waals surface area contributed by atoms with Crippen molar-refractivity contribution in [2.45, 2.75) is 63.5 Å². The Bertz CT molecular complexity index is 809. The van der Waals surface area contributed by atoms with E-state index in [1.54, 1.807) is 0 Å². The Labute approximate surface area is 149 Å². The lowest BCUT2D eigenvalue weighted by molar-refractivity contribution is 0.0917. The summed E-state index contributed by atoms with van der Waals surface area (Å²) in [5, 5.41) is 4.62. The minimum absolute atomic E-state index is 0.0987. The fourth-order valence-corrected chi connectivity index (χ4v) is 5.28. The molecule has 4 heteroatoms. The Kier molecular flexibility index (Phi) is 3.81. The summed E-state index contributed by atoms with van der Waals surface area (Å²) in [6, 6.07) is 7.06. The van der Waals surface area contributed by atoms with Crippen molar-refractivity contribution in [3.05, 3.63) is 35.0 Å². The van der Waals surface area contributed by atoms with Gasteiger partial charge in [0.05, 0.1) is 11.1 Å². The third-order valence-electron chi connectivity index (χ3n) is 6.55. The van der Waals surface area contributed by atoms with E-state index in [0.29, 0.717) is 12.1 Å². The van der Waals surface area contributed by atoms with Crippen LogP contribution in [0.25, 0.3) is 10.9 Å². The van der Waals surface area contributed by atoms with Crippen molar-refractivity contribution in [1.29, 1.82) is 0 Å². The molecule has 1 amide bonds. The number of amides is 1. The predicted octanol–water partition coefficient (Wildman–Crippen LogP) is 3.40. The number of hydrogen-bond acceptors (Lipinski definition) is 2. The minimum atomic E-state index is 0.0987. The molecule has 3 aliphatic rings. The molecular formula is C21H27N3O. The molecule has 2 saturated heterocycles. The van der Waals surface area contributed by atoms with Gasteiger partial charge in [-0.2, -0.15) is 0 Å². The van der Waals surface area contributed by atoms with Crippen LogP contribution in [-0.4, -0.2) is 41.0 Å². The van der Waals surface area contributed by atoms with Crippen LogP contribution < -0.4 is 5.32 Å². The van der Waals surface area contributed by atoms with E-state index in [1.165, 1.54) is 55.3 Å². The summed E-state index contributed by atoms with van der Waals surface area (Å²) >= 11 is 0. The van der Waals surface area contributed by atoms with E-state index in [9.17, 15) is 4.79 Å². The second-order valence-electron chi connectivity index (χ2n) is 7.99. The molecule has 2 atom stereocenters. The summed E-state index contributed by atoms with van der Waals surface area (Å²) in [4.78, 5) is 19.2. The van der Waals surface area contributed by atoms with E-state index >= 15 is 0 Å². The number of para-hydroxylation sites is 1. The third kappa shape index (κ3) is 2.58. The number of aryl methyl sites for hydroxylation is 2. The highest BCUT2D eigenvalue weighted by Gasteiger charge is 2.36. The van der Waals surface area contributed by atoms with E-state index in [4.69, 9.17) is 0 Å². The molecule has 2 N–H and O–H groups in total. The Morgan fingerprint density at radius 2 is 2.00 bits per heavy atom. The molecule has 0 radical (unpaired) electrons. The lowest BCUT2D eigenvalue weighted by Crippen LogP contribution is -2.46. The van der Waals surface area contributed by atoms with E-state index in [0.717, 1.165) is 36.9 Å². The summed E-state index contributed by atoms with van der Waals surface area (Å²) in [5.41, 5.74) is 4.66. The molecule has 1 aromatic carbocycles. The largest absolute Gasteiger partial charge is 0.358 e. The molecule has 0 spiro atoms. The van der Waals surface area contributed by atoms with E-state index < -0.39 is 0 Å². The number of aromatic amines is 1. The number of carbonyl (C=O) groups excluding carboxylic acids is 1. The number of nitrogens with zero attached hydrogens (tertiary/aromatic N) is 1. The van der Waals surface area contributed by atoms with Gasteiger partial charge in [-0.3, -0.25) is 9.69 Å². The molecule has 0 bridgehead atoms. The van der Waals surface area contributed by atoms with Crippen LogP contribution in [0.5, 0.6) is 0 Å². The molecule has 3 heterocycles. The summed E-state index contributed by atoms with van der Waals surface area (Å²) < 4.78 is 0. The smallest absolute Gasteiger partial charge is 0.253 e. The fraction of sp³-hybridized carbons (Fsp3) is 0.571. The first-order valence-corrected chi connectivity index (χ1v) is 9.98. The van der Waals surface area contributed by atoms with Gasteiger partial charge >= 0.3 is 0 Å². The average Bonchev–Trinajstić information content (AvgIpc) is 3.23. The van der Waals surface area contributed by atoms with Crippen molar-refractivity contribution in [2.24, 2.45) is 0 Å². The van der Waals surface area contributed by atoms with Gasteiger partial charge < -0.3 is 10.3 Å². The number of H-pyrrole nitrogens is 1.